The molecule has 15 heteroatoms. The second-order valence-electron chi connectivity index (χ2n) is 11.1. The van der Waals surface area contributed by atoms with Crippen LogP contribution in [0.5, 0.6) is 11.6 Å². The number of carboxylic acids is 1. The Morgan fingerprint density at radius 1 is 1.00 bits per heavy atom. The van der Waals surface area contributed by atoms with E-state index in [1.54, 1.807) is 33.0 Å². The summed E-state index contributed by atoms with van der Waals surface area (Å²) in [6.45, 7) is 6.27. The molecule has 1 N–H and O–H groups in total. The first kappa shape index (κ1) is 34.4. The van der Waals surface area contributed by atoms with Crippen LogP contribution < -0.4 is 9.47 Å². The first-order valence-corrected chi connectivity index (χ1v) is 14.6. The number of halogens is 4. The lowest BCUT2D eigenvalue weighted by atomic mass is 10.1. The fourth-order valence-corrected chi connectivity index (χ4v) is 4.62. The number of pyridine rings is 1. The van der Waals surface area contributed by atoms with Gasteiger partial charge in [0.2, 0.25) is 5.88 Å². The van der Waals surface area contributed by atoms with Gasteiger partial charge in [0, 0.05) is 36.7 Å². The monoisotopic (exact) mass is 664 g/mol. The smallest absolute Gasteiger partial charge is 0.478 e. The van der Waals surface area contributed by atoms with Crippen LogP contribution in [0, 0.1) is 0 Å². The van der Waals surface area contributed by atoms with Crippen LogP contribution in [0.4, 0.5) is 18.0 Å². The van der Waals surface area contributed by atoms with Gasteiger partial charge in [0.05, 0.1) is 22.7 Å². The second-order valence-corrected chi connectivity index (χ2v) is 11.5. The third-order valence-electron chi connectivity index (χ3n) is 6.35. The van der Waals surface area contributed by atoms with Crippen molar-refractivity contribution < 1.29 is 46.8 Å². The molecule has 4 rings (SSSR count). The van der Waals surface area contributed by atoms with Crippen LogP contribution in [0.1, 0.15) is 49.5 Å². The van der Waals surface area contributed by atoms with Gasteiger partial charge >= 0.3 is 18.4 Å². The molecule has 0 bridgehead atoms. The maximum atomic E-state index is 12.9. The predicted molar refractivity (Wildman–Crippen MR) is 162 cm³/mol. The van der Waals surface area contributed by atoms with Crippen molar-refractivity contribution >= 4 is 45.5 Å². The molecule has 2 heterocycles. The molecule has 0 spiro atoms. The Bertz CT molecular complexity index is 1700. The minimum absolute atomic E-state index is 0.0554. The zero-order chi connectivity index (χ0) is 33.5. The standard InChI is InChI=1S/C31H32ClF3N4O7/c1-30(2,3)46-29(42)39(17-19-6-9-25(23(32)14-19)45-31(33,34)35)10-4-5-11-43-12-13-44-27-26-22(16-36-18-37-26)21-8-7-20(28(40)41)15-24(21)38-27/h6-9,14-16,18H,4-5,10-13,17H2,1-3H3,(H,40,41). The number of carbonyl (C=O) groups is 2. The number of ether oxygens (including phenoxy) is 4. The van der Waals surface area contributed by atoms with E-state index >= 15 is 0 Å². The van der Waals surface area contributed by atoms with E-state index < -0.39 is 29.8 Å². The molecule has 1 amide bonds. The molecule has 0 unspecified atom stereocenters. The van der Waals surface area contributed by atoms with Gasteiger partial charge in [-0.15, -0.1) is 13.2 Å². The average molecular weight is 665 g/mol. The number of hydrogen-bond donors (Lipinski definition) is 1. The lowest BCUT2D eigenvalue weighted by Gasteiger charge is -2.27. The molecule has 0 fully saturated rings. The molecule has 2 aromatic carbocycles. The van der Waals surface area contributed by atoms with Crippen LogP contribution in [0.2, 0.25) is 5.02 Å². The number of amides is 1. The zero-order valence-corrected chi connectivity index (χ0v) is 26.0. The summed E-state index contributed by atoms with van der Waals surface area (Å²) in [5, 5.41) is 10.5. The Balaban J connectivity index is 1.29. The Kier molecular flexibility index (Phi) is 11.1. The topological polar surface area (TPSA) is 133 Å². The Hall–Kier alpha value is -4.43. The molecule has 246 valence electrons. The van der Waals surface area contributed by atoms with Crippen molar-refractivity contribution in [3.05, 3.63) is 65.1 Å². The molecule has 0 atom stereocenters. The van der Waals surface area contributed by atoms with Gasteiger partial charge in [-0.1, -0.05) is 23.7 Å². The van der Waals surface area contributed by atoms with Crippen molar-refractivity contribution in [3.8, 4) is 11.6 Å². The van der Waals surface area contributed by atoms with Crippen molar-refractivity contribution in [3.63, 3.8) is 0 Å². The summed E-state index contributed by atoms with van der Waals surface area (Å²) in [4.78, 5) is 38.5. The summed E-state index contributed by atoms with van der Waals surface area (Å²) in [7, 11) is 0. The molecule has 11 nitrogen and oxygen atoms in total. The lowest BCUT2D eigenvalue weighted by Crippen LogP contribution is -2.37. The SMILES string of the molecule is CC(C)(C)OC(=O)N(CCCCOCCOc1nc2cc(C(=O)O)ccc2c2cncnc12)Cc1ccc(OC(F)(F)F)c(Cl)c1. The van der Waals surface area contributed by atoms with E-state index in [4.69, 9.17) is 25.8 Å². The first-order valence-electron chi connectivity index (χ1n) is 14.2. The van der Waals surface area contributed by atoms with Gasteiger partial charge in [-0.2, -0.15) is 0 Å². The molecule has 0 aliphatic carbocycles. The fourth-order valence-electron chi connectivity index (χ4n) is 4.38. The van der Waals surface area contributed by atoms with Gasteiger partial charge in [0.25, 0.3) is 0 Å². The molecule has 0 saturated heterocycles. The van der Waals surface area contributed by atoms with Crippen molar-refractivity contribution in [1.29, 1.82) is 0 Å². The quantitative estimate of drug-likeness (QED) is 0.117. The predicted octanol–water partition coefficient (Wildman–Crippen LogP) is 7.04. The van der Waals surface area contributed by atoms with Gasteiger partial charge in [0.15, 0.2) is 0 Å². The van der Waals surface area contributed by atoms with Crippen LogP contribution in [0.15, 0.2) is 48.9 Å². The molecule has 4 aromatic rings. The average Bonchev–Trinajstić information content (AvgIpc) is 2.97. The van der Waals surface area contributed by atoms with E-state index in [0.29, 0.717) is 46.8 Å². The summed E-state index contributed by atoms with van der Waals surface area (Å²) < 4.78 is 58.7. The normalized spacial score (nSPS) is 11.9. The van der Waals surface area contributed by atoms with Gasteiger partial charge in [-0.25, -0.2) is 24.5 Å². The van der Waals surface area contributed by atoms with Gasteiger partial charge in [-0.05, 0) is 63.4 Å². The Labute approximate surface area is 267 Å². The number of carboxylic acid groups (broad SMARTS) is 1. The highest BCUT2D eigenvalue weighted by atomic mass is 35.5. The van der Waals surface area contributed by atoms with E-state index in [-0.39, 0.29) is 42.8 Å². The number of fused-ring (bicyclic) bond motifs is 3. The Morgan fingerprint density at radius 2 is 1.78 bits per heavy atom. The molecule has 2 aromatic heterocycles. The van der Waals surface area contributed by atoms with Crippen LogP contribution in [-0.4, -0.2) is 75.3 Å². The number of aromatic nitrogens is 3. The van der Waals surface area contributed by atoms with Crippen molar-refractivity contribution in [2.45, 2.75) is 52.1 Å². The highest BCUT2D eigenvalue weighted by Crippen LogP contribution is 2.32. The lowest BCUT2D eigenvalue weighted by molar-refractivity contribution is -0.274. The summed E-state index contributed by atoms with van der Waals surface area (Å²) in [5.74, 6) is -1.38. The Morgan fingerprint density at radius 3 is 2.48 bits per heavy atom. The highest BCUT2D eigenvalue weighted by Gasteiger charge is 2.32. The van der Waals surface area contributed by atoms with Crippen molar-refractivity contribution in [1.82, 2.24) is 19.9 Å². The number of benzene rings is 2. The van der Waals surface area contributed by atoms with Gasteiger partial charge < -0.3 is 29.0 Å². The van der Waals surface area contributed by atoms with Gasteiger partial charge in [0.1, 0.15) is 29.8 Å². The van der Waals surface area contributed by atoms with Crippen molar-refractivity contribution in [2.24, 2.45) is 0 Å². The van der Waals surface area contributed by atoms with E-state index in [1.807, 2.05) is 0 Å². The maximum absolute atomic E-state index is 12.9. The van der Waals surface area contributed by atoms with Crippen molar-refractivity contribution in [2.75, 3.05) is 26.4 Å². The summed E-state index contributed by atoms with van der Waals surface area (Å²) in [5.41, 5.74) is 0.749. The molecular weight excluding hydrogens is 633 g/mol. The first-order chi connectivity index (χ1) is 21.7. The van der Waals surface area contributed by atoms with Crippen LogP contribution in [0.3, 0.4) is 0 Å². The minimum Gasteiger partial charge on any atom is -0.478 e. The molecule has 0 aliphatic heterocycles. The molecule has 46 heavy (non-hydrogen) atoms. The number of carbonyl (C=O) groups excluding carboxylic acids is 1. The molecule has 0 saturated carbocycles. The zero-order valence-electron chi connectivity index (χ0n) is 25.3. The number of aromatic carboxylic acids is 1. The van der Waals surface area contributed by atoms with Gasteiger partial charge in [-0.3, -0.25) is 0 Å². The molecule has 0 radical (unpaired) electrons. The number of rotatable bonds is 13. The minimum atomic E-state index is -4.88. The fraction of sp³-hybridized carbons (Fsp3) is 0.387. The summed E-state index contributed by atoms with van der Waals surface area (Å²) >= 11 is 5.99. The van der Waals surface area contributed by atoms with Crippen LogP contribution in [0.25, 0.3) is 21.8 Å². The third-order valence-corrected chi connectivity index (χ3v) is 6.65. The second kappa shape index (κ2) is 14.8. The van der Waals surface area contributed by atoms with E-state index in [0.717, 1.165) is 6.07 Å². The third kappa shape index (κ3) is 9.78. The number of nitrogens with zero attached hydrogens (tertiary/aromatic N) is 4. The van der Waals surface area contributed by atoms with E-state index in [1.165, 1.54) is 35.5 Å². The summed E-state index contributed by atoms with van der Waals surface area (Å²) in [6, 6.07) is 8.42. The summed E-state index contributed by atoms with van der Waals surface area (Å²) in [6.07, 6.45) is -1.35. The van der Waals surface area contributed by atoms with E-state index in [9.17, 15) is 27.9 Å². The molecule has 0 aliphatic rings. The largest absolute Gasteiger partial charge is 0.573 e. The number of hydrogen-bond acceptors (Lipinski definition) is 9. The molecular formula is C31H32ClF3N4O7. The highest BCUT2D eigenvalue weighted by molar-refractivity contribution is 6.32. The van der Waals surface area contributed by atoms with Crippen LogP contribution >= 0.6 is 11.6 Å². The van der Waals surface area contributed by atoms with E-state index in [2.05, 4.69) is 19.7 Å². The number of alkyl halides is 3. The maximum Gasteiger partial charge on any atom is 0.573 e. The van der Waals surface area contributed by atoms with Crippen LogP contribution in [-0.2, 0) is 16.0 Å². The number of unbranched alkanes of at least 4 members (excludes halogenated alkanes) is 1.